The summed E-state index contributed by atoms with van der Waals surface area (Å²) in [5, 5.41) is 3.03. The van der Waals surface area contributed by atoms with Crippen molar-refractivity contribution in [2.75, 3.05) is 13.7 Å². The maximum atomic E-state index is 11.5. The fourth-order valence-corrected chi connectivity index (χ4v) is 2.27. The highest BCUT2D eigenvalue weighted by molar-refractivity contribution is 7.06. The lowest BCUT2D eigenvalue weighted by Gasteiger charge is -2.11. The second-order valence-electron chi connectivity index (χ2n) is 2.89. The van der Waals surface area contributed by atoms with E-state index in [1.165, 1.54) is 11.5 Å². The molecule has 13 heavy (non-hydrogen) atoms. The Balaban J connectivity index is 2.38. The molecule has 5 heteroatoms. The van der Waals surface area contributed by atoms with E-state index < -0.39 is 0 Å². The van der Waals surface area contributed by atoms with Crippen LogP contribution in [-0.2, 0) is 17.9 Å². The van der Waals surface area contributed by atoms with Crippen LogP contribution in [0.1, 0.15) is 20.9 Å². The number of hydrogen-bond acceptors (Lipinski definition) is 5. The van der Waals surface area contributed by atoms with Crippen molar-refractivity contribution in [2.24, 2.45) is 0 Å². The van der Waals surface area contributed by atoms with E-state index in [9.17, 15) is 4.79 Å². The number of hydrogen-bond donors (Lipinski definition) is 1. The third kappa shape index (κ3) is 1.50. The summed E-state index contributed by atoms with van der Waals surface area (Å²) in [6.07, 6.45) is 0. The highest BCUT2D eigenvalue weighted by Crippen LogP contribution is 2.22. The van der Waals surface area contributed by atoms with Gasteiger partial charge in [0, 0.05) is 13.7 Å². The van der Waals surface area contributed by atoms with E-state index in [0.29, 0.717) is 13.2 Å². The van der Waals surface area contributed by atoms with E-state index >= 15 is 0 Å². The van der Waals surface area contributed by atoms with E-state index in [1.807, 2.05) is 0 Å². The maximum Gasteiger partial charge on any atom is 0.179 e. The molecule has 0 amide bonds. The van der Waals surface area contributed by atoms with Gasteiger partial charge in [0.1, 0.15) is 0 Å². The SMILES string of the molecule is COCc1nsc2c1C(=O)CNC2. The van der Waals surface area contributed by atoms with E-state index in [2.05, 4.69) is 9.69 Å². The third-order valence-electron chi connectivity index (χ3n) is 1.96. The fourth-order valence-electron chi connectivity index (χ4n) is 1.41. The lowest BCUT2D eigenvalue weighted by Crippen LogP contribution is -2.29. The first-order valence-corrected chi connectivity index (χ1v) is 4.80. The first-order chi connectivity index (χ1) is 6.33. The van der Waals surface area contributed by atoms with Gasteiger partial charge in [0.2, 0.25) is 0 Å². The van der Waals surface area contributed by atoms with Crippen LogP contribution in [-0.4, -0.2) is 23.8 Å². The van der Waals surface area contributed by atoms with Crippen LogP contribution in [0.15, 0.2) is 0 Å². The molecule has 2 rings (SSSR count). The number of fused-ring (bicyclic) bond motifs is 1. The molecule has 2 heterocycles. The number of rotatable bonds is 2. The molecular weight excluding hydrogens is 188 g/mol. The Morgan fingerprint density at radius 2 is 2.46 bits per heavy atom. The monoisotopic (exact) mass is 198 g/mol. The van der Waals surface area contributed by atoms with Gasteiger partial charge in [0.25, 0.3) is 0 Å². The summed E-state index contributed by atoms with van der Waals surface area (Å²) in [6, 6.07) is 0. The van der Waals surface area contributed by atoms with Crippen molar-refractivity contribution in [3.05, 3.63) is 16.1 Å². The van der Waals surface area contributed by atoms with Crippen molar-refractivity contribution in [1.82, 2.24) is 9.69 Å². The van der Waals surface area contributed by atoms with Gasteiger partial charge >= 0.3 is 0 Å². The summed E-state index contributed by atoms with van der Waals surface area (Å²) in [5.41, 5.74) is 1.57. The van der Waals surface area contributed by atoms with Gasteiger partial charge in [-0.2, -0.15) is 4.37 Å². The van der Waals surface area contributed by atoms with Crippen molar-refractivity contribution in [2.45, 2.75) is 13.2 Å². The van der Waals surface area contributed by atoms with E-state index in [1.54, 1.807) is 7.11 Å². The van der Waals surface area contributed by atoms with Crippen LogP contribution in [0.4, 0.5) is 0 Å². The van der Waals surface area contributed by atoms with Crippen molar-refractivity contribution >= 4 is 17.3 Å². The molecular formula is C8H10N2O2S. The number of ether oxygens (including phenoxy) is 1. The summed E-state index contributed by atoms with van der Waals surface area (Å²) in [7, 11) is 1.61. The van der Waals surface area contributed by atoms with Crippen LogP contribution >= 0.6 is 11.5 Å². The zero-order valence-corrected chi connectivity index (χ0v) is 8.11. The zero-order valence-electron chi connectivity index (χ0n) is 7.29. The molecule has 1 aromatic heterocycles. The van der Waals surface area contributed by atoms with Crippen LogP contribution in [0, 0.1) is 0 Å². The smallest absolute Gasteiger partial charge is 0.179 e. The van der Waals surface area contributed by atoms with Crippen molar-refractivity contribution < 1.29 is 9.53 Å². The summed E-state index contributed by atoms with van der Waals surface area (Å²) in [6.45, 7) is 1.60. The van der Waals surface area contributed by atoms with Gasteiger partial charge in [-0.05, 0) is 11.5 Å². The van der Waals surface area contributed by atoms with Crippen molar-refractivity contribution in [3.63, 3.8) is 0 Å². The molecule has 1 aliphatic heterocycles. The predicted molar refractivity (Wildman–Crippen MR) is 48.9 cm³/mol. The Kier molecular flexibility index (Phi) is 2.39. The molecule has 0 aliphatic carbocycles. The summed E-state index contributed by atoms with van der Waals surface area (Å²) in [4.78, 5) is 12.5. The first-order valence-electron chi connectivity index (χ1n) is 4.03. The van der Waals surface area contributed by atoms with Gasteiger partial charge < -0.3 is 10.1 Å². The van der Waals surface area contributed by atoms with Crippen LogP contribution < -0.4 is 5.32 Å². The van der Waals surface area contributed by atoms with Crippen LogP contribution in [0.25, 0.3) is 0 Å². The van der Waals surface area contributed by atoms with Crippen molar-refractivity contribution in [3.8, 4) is 0 Å². The number of methoxy groups -OCH3 is 1. The second kappa shape index (κ2) is 3.53. The molecule has 0 saturated carbocycles. The van der Waals surface area contributed by atoms with Gasteiger partial charge in [-0.25, -0.2) is 0 Å². The molecule has 0 radical (unpaired) electrons. The Hall–Kier alpha value is -0.780. The van der Waals surface area contributed by atoms with Gasteiger partial charge in [-0.1, -0.05) is 0 Å². The number of nitrogens with zero attached hydrogens (tertiary/aromatic N) is 1. The molecule has 0 bridgehead atoms. The highest BCUT2D eigenvalue weighted by atomic mass is 32.1. The molecule has 70 valence electrons. The highest BCUT2D eigenvalue weighted by Gasteiger charge is 2.23. The maximum absolute atomic E-state index is 11.5. The second-order valence-corrected chi connectivity index (χ2v) is 3.75. The van der Waals surface area contributed by atoms with E-state index in [0.717, 1.165) is 22.7 Å². The Morgan fingerprint density at radius 1 is 1.62 bits per heavy atom. The van der Waals surface area contributed by atoms with E-state index in [-0.39, 0.29) is 5.78 Å². The molecule has 0 fully saturated rings. The van der Waals surface area contributed by atoms with Gasteiger partial charge in [0.15, 0.2) is 5.78 Å². The number of nitrogens with one attached hydrogen (secondary N) is 1. The standard InChI is InChI=1S/C8H10N2O2S/c1-12-4-5-8-6(11)2-9-3-7(8)13-10-5/h9H,2-4H2,1H3. The number of Topliss-reactive ketones (excluding diaryl/α,β-unsaturated/α-hetero) is 1. The number of carbonyl (C=O) groups excluding carboxylic acids is 1. The molecule has 0 spiro atoms. The Bertz CT molecular complexity index is 335. The number of ketones is 1. The average molecular weight is 198 g/mol. The molecule has 0 aromatic carbocycles. The summed E-state index contributed by atoms with van der Waals surface area (Å²) in [5.74, 6) is 0.127. The van der Waals surface area contributed by atoms with Gasteiger partial charge in [-0.15, -0.1) is 0 Å². The number of aromatic nitrogens is 1. The fraction of sp³-hybridized carbons (Fsp3) is 0.500. The van der Waals surface area contributed by atoms with Crippen LogP contribution in [0.3, 0.4) is 0 Å². The summed E-state index contributed by atoms with van der Waals surface area (Å²) < 4.78 is 9.17. The normalized spacial score (nSPS) is 15.9. The molecule has 0 saturated heterocycles. The van der Waals surface area contributed by atoms with Crippen LogP contribution in [0.2, 0.25) is 0 Å². The topological polar surface area (TPSA) is 51.2 Å². The third-order valence-corrected chi connectivity index (χ3v) is 2.84. The van der Waals surface area contributed by atoms with Crippen molar-refractivity contribution in [1.29, 1.82) is 0 Å². The molecule has 1 N–H and O–H groups in total. The van der Waals surface area contributed by atoms with E-state index in [4.69, 9.17) is 4.74 Å². The molecule has 1 aromatic rings. The predicted octanol–water partition coefficient (Wildman–Crippen LogP) is 0.575. The lowest BCUT2D eigenvalue weighted by molar-refractivity contribution is 0.0977. The molecule has 0 atom stereocenters. The minimum atomic E-state index is 0.127. The Morgan fingerprint density at radius 3 is 3.23 bits per heavy atom. The quantitative estimate of drug-likeness (QED) is 0.755. The minimum Gasteiger partial charge on any atom is -0.378 e. The number of carbonyl (C=O) groups is 1. The van der Waals surface area contributed by atoms with Gasteiger partial charge in [0.05, 0.1) is 29.3 Å². The van der Waals surface area contributed by atoms with Gasteiger partial charge in [-0.3, -0.25) is 4.79 Å². The lowest BCUT2D eigenvalue weighted by atomic mass is 10.1. The largest absolute Gasteiger partial charge is 0.378 e. The minimum absolute atomic E-state index is 0.127. The van der Waals surface area contributed by atoms with Crippen LogP contribution in [0.5, 0.6) is 0 Å². The molecule has 0 unspecified atom stereocenters. The summed E-state index contributed by atoms with van der Waals surface area (Å²) >= 11 is 1.38. The molecule has 4 nitrogen and oxygen atoms in total. The Labute approximate surface area is 80.1 Å². The average Bonchev–Trinajstić information content (AvgIpc) is 2.51. The first kappa shape index (κ1) is 8.80. The molecule has 1 aliphatic rings. The zero-order chi connectivity index (χ0) is 9.26.